The normalized spacial score (nSPS) is 11.2. The number of aryl methyl sites for hydroxylation is 2. The van der Waals surface area contributed by atoms with Crippen LogP contribution in [0.4, 0.5) is 0 Å². The molecule has 2 heterocycles. The van der Waals surface area contributed by atoms with E-state index in [1.165, 1.54) is 11.1 Å². The number of benzene rings is 1. The molecule has 0 aliphatic rings. The maximum Gasteiger partial charge on any atom is 0.139 e. The van der Waals surface area contributed by atoms with Crippen molar-refractivity contribution in [3.8, 4) is 11.3 Å². The van der Waals surface area contributed by atoms with Crippen LogP contribution >= 0.6 is 11.6 Å². The number of halogens is 1. The quantitative estimate of drug-likeness (QED) is 0.779. The molecule has 0 saturated heterocycles. The highest BCUT2D eigenvalue weighted by Crippen LogP contribution is 2.27. The molecule has 0 atom stereocenters. The Kier molecular flexibility index (Phi) is 3.24. The van der Waals surface area contributed by atoms with Gasteiger partial charge in [-0.15, -0.1) is 0 Å². The summed E-state index contributed by atoms with van der Waals surface area (Å²) in [5.41, 5.74) is 5.79. The standard InChI is InChI=1S/C16H15ClN2O/c1-10-3-4-12(7-11(10)2)16-14(9-20)19-6-5-13(17)8-15(19)18-16/h3-8,20H,9H2,1-2H3. The average Bonchev–Trinajstić information content (AvgIpc) is 2.79. The van der Waals surface area contributed by atoms with Crippen LogP contribution in [-0.4, -0.2) is 14.5 Å². The van der Waals surface area contributed by atoms with Crippen molar-refractivity contribution in [1.82, 2.24) is 9.38 Å². The van der Waals surface area contributed by atoms with Crippen LogP contribution in [0.3, 0.4) is 0 Å². The molecule has 1 aromatic carbocycles. The van der Waals surface area contributed by atoms with Crippen molar-refractivity contribution in [3.05, 3.63) is 58.4 Å². The molecule has 0 amide bonds. The van der Waals surface area contributed by atoms with Crippen molar-refractivity contribution in [2.24, 2.45) is 0 Å². The molecule has 0 unspecified atom stereocenters. The second-order valence-electron chi connectivity index (χ2n) is 4.94. The zero-order chi connectivity index (χ0) is 14.3. The van der Waals surface area contributed by atoms with E-state index in [9.17, 15) is 5.11 Å². The van der Waals surface area contributed by atoms with Crippen LogP contribution in [-0.2, 0) is 6.61 Å². The number of aliphatic hydroxyl groups is 1. The van der Waals surface area contributed by atoms with Gasteiger partial charge in [0, 0.05) is 22.8 Å². The van der Waals surface area contributed by atoms with Crippen LogP contribution in [0.2, 0.25) is 5.02 Å². The summed E-state index contributed by atoms with van der Waals surface area (Å²) in [5, 5.41) is 10.3. The Morgan fingerprint density at radius 2 is 1.95 bits per heavy atom. The summed E-state index contributed by atoms with van der Waals surface area (Å²) >= 11 is 6.00. The summed E-state index contributed by atoms with van der Waals surface area (Å²) in [7, 11) is 0. The molecule has 20 heavy (non-hydrogen) atoms. The predicted octanol–water partition coefficient (Wildman–Crippen LogP) is 3.76. The van der Waals surface area contributed by atoms with Crippen molar-refractivity contribution in [3.63, 3.8) is 0 Å². The van der Waals surface area contributed by atoms with Gasteiger partial charge in [-0.1, -0.05) is 23.7 Å². The third-order valence-corrected chi connectivity index (χ3v) is 3.85. The van der Waals surface area contributed by atoms with Gasteiger partial charge in [-0.05, 0) is 37.1 Å². The van der Waals surface area contributed by atoms with E-state index >= 15 is 0 Å². The molecule has 0 fully saturated rings. The molecular weight excluding hydrogens is 272 g/mol. The van der Waals surface area contributed by atoms with E-state index in [1.54, 1.807) is 12.1 Å². The smallest absolute Gasteiger partial charge is 0.139 e. The first-order valence-corrected chi connectivity index (χ1v) is 6.83. The van der Waals surface area contributed by atoms with Crippen molar-refractivity contribution in [2.45, 2.75) is 20.5 Å². The molecule has 0 radical (unpaired) electrons. The van der Waals surface area contributed by atoms with E-state index in [4.69, 9.17) is 11.6 Å². The van der Waals surface area contributed by atoms with E-state index < -0.39 is 0 Å². The summed E-state index contributed by atoms with van der Waals surface area (Å²) in [4.78, 5) is 4.60. The number of nitrogens with zero attached hydrogens (tertiary/aromatic N) is 2. The SMILES string of the molecule is Cc1ccc(-c2nc3cc(Cl)ccn3c2CO)cc1C. The monoisotopic (exact) mass is 286 g/mol. The molecule has 0 aliphatic heterocycles. The van der Waals surface area contributed by atoms with Crippen LogP contribution in [0.1, 0.15) is 16.8 Å². The Labute approximate surface area is 122 Å². The molecule has 0 aliphatic carbocycles. The highest BCUT2D eigenvalue weighted by atomic mass is 35.5. The third-order valence-electron chi connectivity index (χ3n) is 3.62. The number of fused-ring (bicyclic) bond motifs is 1. The van der Waals surface area contributed by atoms with Gasteiger partial charge in [-0.25, -0.2) is 4.98 Å². The predicted molar refractivity (Wildman–Crippen MR) is 81.0 cm³/mol. The third kappa shape index (κ3) is 2.09. The number of hydrogen-bond acceptors (Lipinski definition) is 2. The molecule has 4 heteroatoms. The average molecular weight is 287 g/mol. The van der Waals surface area contributed by atoms with E-state index in [2.05, 4.69) is 31.0 Å². The van der Waals surface area contributed by atoms with Gasteiger partial charge in [0.05, 0.1) is 18.0 Å². The molecular formula is C16H15ClN2O. The Morgan fingerprint density at radius 1 is 1.15 bits per heavy atom. The number of hydrogen-bond donors (Lipinski definition) is 1. The Morgan fingerprint density at radius 3 is 2.65 bits per heavy atom. The molecule has 0 bridgehead atoms. The lowest BCUT2D eigenvalue weighted by atomic mass is 10.0. The van der Waals surface area contributed by atoms with E-state index in [0.29, 0.717) is 5.02 Å². The highest BCUT2D eigenvalue weighted by molar-refractivity contribution is 6.30. The summed E-state index contributed by atoms with van der Waals surface area (Å²) in [5.74, 6) is 0. The summed E-state index contributed by atoms with van der Waals surface area (Å²) in [6, 6.07) is 9.79. The fourth-order valence-corrected chi connectivity index (χ4v) is 2.50. The van der Waals surface area contributed by atoms with Gasteiger partial charge < -0.3 is 9.51 Å². The summed E-state index contributed by atoms with van der Waals surface area (Å²) in [6.45, 7) is 4.09. The highest BCUT2D eigenvalue weighted by Gasteiger charge is 2.13. The van der Waals surface area contributed by atoms with Gasteiger partial charge in [-0.2, -0.15) is 0 Å². The number of aliphatic hydroxyl groups excluding tert-OH is 1. The minimum absolute atomic E-state index is 0.0644. The van der Waals surface area contributed by atoms with Gasteiger partial charge in [0.2, 0.25) is 0 Å². The molecule has 3 rings (SSSR count). The maximum absolute atomic E-state index is 9.67. The minimum Gasteiger partial charge on any atom is -0.390 e. The van der Waals surface area contributed by atoms with Gasteiger partial charge in [0.15, 0.2) is 0 Å². The lowest BCUT2D eigenvalue weighted by Crippen LogP contribution is -1.94. The van der Waals surface area contributed by atoms with Gasteiger partial charge in [0.1, 0.15) is 5.65 Å². The van der Waals surface area contributed by atoms with Gasteiger partial charge >= 0.3 is 0 Å². The minimum atomic E-state index is -0.0644. The first kappa shape index (κ1) is 13.2. The van der Waals surface area contributed by atoms with Crippen molar-refractivity contribution in [1.29, 1.82) is 0 Å². The van der Waals surface area contributed by atoms with Crippen molar-refractivity contribution < 1.29 is 5.11 Å². The van der Waals surface area contributed by atoms with Crippen LogP contribution < -0.4 is 0 Å². The molecule has 3 nitrogen and oxygen atoms in total. The Hall–Kier alpha value is -1.84. The zero-order valence-electron chi connectivity index (χ0n) is 11.4. The second-order valence-corrected chi connectivity index (χ2v) is 5.37. The molecule has 2 aromatic heterocycles. The number of pyridine rings is 1. The number of imidazole rings is 1. The summed E-state index contributed by atoms with van der Waals surface area (Å²) in [6.07, 6.45) is 1.83. The zero-order valence-corrected chi connectivity index (χ0v) is 12.1. The van der Waals surface area contributed by atoms with Crippen LogP contribution in [0.25, 0.3) is 16.9 Å². The fourth-order valence-electron chi connectivity index (χ4n) is 2.34. The molecule has 102 valence electrons. The topological polar surface area (TPSA) is 37.5 Å². The van der Waals surface area contributed by atoms with Crippen LogP contribution in [0, 0.1) is 13.8 Å². The van der Waals surface area contributed by atoms with E-state index in [1.807, 2.05) is 16.7 Å². The second kappa shape index (κ2) is 4.93. The Balaban J connectivity index is 2.26. The first-order valence-electron chi connectivity index (χ1n) is 6.45. The van der Waals surface area contributed by atoms with Crippen LogP contribution in [0.5, 0.6) is 0 Å². The number of aromatic nitrogens is 2. The van der Waals surface area contributed by atoms with Gasteiger partial charge in [0.25, 0.3) is 0 Å². The molecule has 0 spiro atoms. The fraction of sp³-hybridized carbons (Fsp3) is 0.188. The van der Waals surface area contributed by atoms with Crippen LogP contribution in [0.15, 0.2) is 36.5 Å². The molecule has 3 aromatic rings. The molecule has 1 N–H and O–H groups in total. The van der Waals surface area contributed by atoms with Crippen molar-refractivity contribution in [2.75, 3.05) is 0 Å². The Bertz CT molecular complexity index is 793. The maximum atomic E-state index is 9.67. The summed E-state index contributed by atoms with van der Waals surface area (Å²) < 4.78 is 1.87. The van der Waals surface area contributed by atoms with E-state index in [0.717, 1.165) is 22.6 Å². The first-order chi connectivity index (χ1) is 9.60. The largest absolute Gasteiger partial charge is 0.390 e. The van der Waals surface area contributed by atoms with Gasteiger partial charge in [-0.3, -0.25) is 0 Å². The molecule has 0 saturated carbocycles. The number of rotatable bonds is 2. The van der Waals surface area contributed by atoms with E-state index in [-0.39, 0.29) is 6.61 Å². The lowest BCUT2D eigenvalue weighted by Gasteiger charge is -2.05. The lowest BCUT2D eigenvalue weighted by molar-refractivity contribution is 0.276. The van der Waals surface area contributed by atoms with Crippen molar-refractivity contribution >= 4 is 17.2 Å².